The first kappa shape index (κ1) is 20.9. The van der Waals surface area contributed by atoms with Crippen molar-refractivity contribution in [2.75, 3.05) is 11.9 Å². The van der Waals surface area contributed by atoms with Crippen LogP contribution in [0.1, 0.15) is 27.9 Å². The van der Waals surface area contributed by atoms with E-state index in [2.05, 4.69) is 15.4 Å². The van der Waals surface area contributed by atoms with Crippen molar-refractivity contribution >= 4 is 35.2 Å². The van der Waals surface area contributed by atoms with E-state index in [1.54, 1.807) is 41.2 Å². The van der Waals surface area contributed by atoms with E-state index in [1.165, 1.54) is 0 Å². The molecular weight excluding hydrogens is 423 g/mol. The third-order valence-electron chi connectivity index (χ3n) is 5.54. The molecule has 4 aromatic rings. The Labute approximate surface area is 189 Å². The van der Waals surface area contributed by atoms with Crippen molar-refractivity contribution in [2.45, 2.75) is 19.4 Å². The van der Waals surface area contributed by atoms with Gasteiger partial charge in [-0.25, -0.2) is 0 Å². The van der Waals surface area contributed by atoms with Crippen molar-refractivity contribution in [3.63, 3.8) is 0 Å². The zero-order valence-corrected chi connectivity index (χ0v) is 17.6. The molecule has 2 aromatic carbocycles. The maximum absolute atomic E-state index is 11.8. The van der Waals surface area contributed by atoms with Crippen LogP contribution in [-0.4, -0.2) is 49.4 Å². The summed E-state index contributed by atoms with van der Waals surface area (Å²) in [6, 6.07) is 12.2. The number of hydrogen-bond donors (Lipinski definition) is 4. The van der Waals surface area contributed by atoms with Gasteiger partial charge in [-0.1, -0.05) is 30.3 Å². The predicted octanol–water partition coefficient (Wildman–Crippen LogP) is 0.531. The average Bonchev–Trinajstić information content (AvgIpc) is 3.26. The van der Waals surface area contributed by atoms with Gasteiger partial charge in [-0.2, -0.15) is 19.7 Å². The molecule has 0 unspecified atom stereocenters. The number of aromatic nitrogens is 4. The van der Waals surface area contributed by atoms with Gasteiger partial charge in [0.05, 0.1) is 29.4 Å². The van der Waals surface area contributed by atoms with E-state index in [9.17, 15) is 14.8 Å². The molecule has 0 saturated heterocycles. The van der Waals surface area contributed by atoms with Crippen molar-refractivity contribution in [1.82, 2.24) is 19.7 Å². The number of nitrogens with zero attached hydrogens (tertiary/aromatic N) is 4. The molecule has 1 aliphatic rings. The molecule has 166 valence electrons. The summed E-state index contributed by atoms with van der Waals surface area (Å²) in [7, 11) is -1.53. The summed E-state index contributed by atoms with van der Waals surface area (Å²) >= 11 is 0. The Morgan fingerprint density at radius 1 is 1.21 bits per heavy atom. The van der Waals surface area contributed by atoms with Gasteiger partial charge < -0.3 is 25.8 Å². The molecule has 0 fully saturated rings. The lowest BCUT2D eigenvalue weighted by molar-refractivity contribution is 0.100. The molecule has 0 bridgehead atoms. The van der Waals surface area contributed by atoms with E-state index in [0.29, 0.717) is 52.7 Å². The van der Waals surface area contributed by atoms with Crippen LogP contribution >= 0.6 is 0 Å². The normalized spacial score (nSPS) is 12.8. The first-order valence-electron chi connectivity index (χ1n) is 10.5. The Balaban J connectivity index is 1.54. The second-order valence-corrected chi connectivity index (χ2v) is 7.74. The maximum Gasteiger partial charge on any atom is 0.488 e. The minimum Gasteiger partial charge on any atom is -0.477 e. The summed E-state index contributed by atoms with van der Waals surface area (Å²) in [5, 5.41) is 27.2. The fourth-order valence-electron chi connectivity index (χ4n) is 3.93. The van der Waals surface area contributed by atoms with Crippen LogP contribution in [0.5, 0.6) is 5.88 Å². The predicted molar refractivity (Wildman–Crippen MR) is 123 cm³/mol. The molecular formula is C22H21BN6O4. The quantitative estimate of drug-likeness (QED) is 0.315. The molecule has 0 saturated carbocycles. The molecule has 1 aliphatic heterocycles. The highest BCUT2D eigenvalue weighted by Gasteiger charge is 2.22. The summed E-state index contributed by atoms with van der Waals surface area (Å²) in [5.41, 5.74) is 8.67. The SMILES string of the molecule is NC(=O)c1cccc2c1cnn2-c1nc(NCc2cccc(B(O)O)c2)c2c(n1)OCCC2. The summed E-state index contributed by atoms with van der Waals surface area (Å²) in [6.45, 7) is 0.972. The standard InChI is InChI=1S/C22H21BN6O4/c24-19(30)15-6-2-8-18-17(15)12-26-29(18)22-27-20(16-7-3-9-33-21(16)28-22)25-11-13-4-1-5-14(10-13)23(31)32/h1-2,4-6,8,10,12,31-32H,3,7,9,11H2,(H2,24,30)(H,25,27,28). The second-order valence-electron chi connectivity index (χ2n) is 7.74. The average molecular weight is 444 g/mol. The Kier molecular flexibility index (Phi) is 5.41. The van der Waals surface area contributed by atoms with Crippen LogP contribution in [0.3, 0.4) is 0 Å². The van der Waals surface area contributed by atoms with Crippen LogP contribution < -0.4 is 21.3 Å². The van der Waals surface area contributed by atoms with Crippen LogP contribution in [0.25, 0.3) is 16.9 Å². The number of primary amides is 1. The molecule has 0 aliphatic carbocycles. The molecule has 1 amide bonds. The van der Waals surface area contributed by atoms with Crippen molar-refractivity contribution in [3.8, 4) is 11.8 Å². The number of nitrogens with two attached hydrogens (primary N) is 1. The van der Waals surface area contributed by atoms with Gasteiger partial charge in [0.2, 0.25) is 11.8 Å². The van der Waals surface area contributed by atoms with Crippen LogP contribution in [-0.2, 0) is 13.0 Å². The van der Waals surface area contributed by atoms with Crippen molar-refractivity contribution in [2.24, 2.45) is 5.73 Å². The number of fused-ring (bicyclic) bond motifs is 2. The van der Waals surface area contributed by atoms with E-state index in [0.717, 1.165) is 24.0 Å². The fraction of sp³-hybridized carbons (Fsp3) is 0.182. The van der Waals surface area contributed by atoms with Crippen LogP contribution in [0.4, 0.5) is 5.82 Å². The number of benzene rings is 2. The third-order valence-corrected chi connectivity index (χ3v) is 5.54. The topological polar surface area (TPSA) is 148 Å². The van der Waals surface area contributed by atoms with Gasteiger partial charge >= 0.3 is 7.12 Å². The van der Waals surface area contributed by atoms with Crippen LogP contribution in [0, 0.1) is 0 Å². The number of anilines is 1. The highest BCUT2D eigenvalue weighted by Crippen LogP contribution is 2.30. The van der Waals surface area contributed by atoms with Gasteiger partial charge in [-0.05, 0) is 36.0 Å². The molecule has 5 rings (SSSR count). The number of nitrogens with one attached hydrogen (secondary N) is 1. The van der Waals surface area contributed by atoms with E-state index in [4.69, 9.17) is 15.5 Å². The zero-order valence-electron chi connectivity index (χ0n) is 17.6. The van der Waals surface area contributed by atoms with Gasteiger partial charge in [0, 0.05) is 11.9 Å². The lowest BCUT2D eigenvalue weighted by Gasteiger charge is -2.20. The van der Waals surface area contributed by atoms with Gasteiger partial charge in [0.25, 0.3) is 5.95 Å². The lowest BCUT2D eigenvalue weighted by Crippen LogP contribution is -2.30. The van der Waals surface area contributed by atoms with E-state index < -0.39 is 13.0 Å². The first-order valence-corrected chi connectivity index (χ1v) is 10.5. The van der Waals surface area contributed by atoms with Gasteiger partial charge in [-0.15, -0.1) is 0 Å². The maximum atomic E-state index is 11.8. The van der Waals surface area contributed by atoms with Crippen LogP contribution in [0.15, 0.2) is 48.7 Å². The molecule has 0 spiro atoms. The smallest absolute Gasteiger partial charge is 0.477 e. The van der Waals surface area contributed by atoms with Gasteiger partial charge in [0.1, 0.15) is 5.82 Å². The highest BCUT2D eigenvalue weighted by atomic mass is 16.5. The Morgan fingerprint density at radius 2 is 2.06 bits per heavy atom. The minimum absolute atomic E-state index is 0.300. The molecule has 5 N–H and O–H groups in total. The zero-order chi connectivity index (χ0) is 22.9. The summed E-state index contributed by atoms with van der Waals surface area (Å²) < 4.78 is 7.36. The van der Waals surface area contributed by atoms with Gasteiger partial charge in [0.15, 0.2) is 0 Å². The number of carbonyl (C=O) groups excluding carboxylic acids is 1. The van der Waals surface area contributed by atoms with Crippen molar-refractivity contribution in [1.29, 1.82) is 0 Å². The largest absolute Gasteiger partial charge is 0.488 e. The Hall–Kier alpha value is -3.96. The molecule has 11 heteroatoms. The molecule has 10 nitrogen and oxygen atoms in total. The van der Waals surface area contributed by atoms with Crippen LogP contribution in [0.2, 0.25) is 0 Å². The van der Waals surface area contributed by atoms with E-state index in [-0.39, 0.29) is 0 Å². The Bertz CT molecular complexity index is 1360. The number of carbonyl (C=O) groups is 1. The number of ether oxygens (including phenoxy) is 1. The third kappa shape index (κ3) is 3.99. The van der Waals surface area contributed by atoms with Gasteiger partial charge in [-0.3, -0.25) is 4.79 Å². The minimum atomic E-state index is -1.53. The highest BCUT2D eigenvalue weighted by molar-refractivity contribution is 6.58. The fourth-order valence-corrected chi connectivity index (χ4v) is 3.93. The first-order chi connectivity index (χ1) is 16.0. The van der Waals surface area contributed by atoms with E-state index in [1.807, 2.05) is 12.1 Å². The summed E-state index contributed by atoms with van der Waals surface area (Å²) in [4.78, 5) is 21.1. The monoisotopic (exact) mass is 444 g/mol. The van der Waals surface area contributed by atoms with Crippen molar-refractivity contribution in [3.05, 3.63) is 65.4 Å². The number of hydrogen-bond acceptors (Lipinski definition) is 8. The summed E-state index contributed by atoms with van der Waals surface area (Å²) in [6.07, 6.45) is 3.18. The molecule has 3 heterocycles. The number of amides is 1. The summed E-state index contributed by atoms with van der Waals surface area (Å²) in [5.74, 6) is 0.865. The number of rotatable bonds is 6. The lowest BCUT2D eigenvalue weighted by atomic mass is 9.79. The van der Waals surface area contributed by atoms with Crippen molar-refractivity contribution < 1.29 is 19.6 Å². The molecule has 2 aromatic heterocycles. The van der Waals surface area contributed by atoms with E-state index >= 15 is 0 Å². The molecule has 33 heavy (non-hydrogen) atoms. The molecule has 0 atom stereocenters. The Morgan fingerprint density at radius 3 is 2.88 bits per heavy atom. The second kappa shape index (κ2) is 8.53. The molecule has 0 radical (unpaired) electrons.